The van der Waals surface area contributed by atoms with Crippen LogP contribution in [0.4, 0.5) is 0 Å². The maximum atomic E-state index is 12.5. The van der Waals surface area contributed by atoms with E-state index in [1.807, 2.05) is 0 Å². The van der Waals surface area contributed by atoms with Crippen LogP contribution in [-0.4, -0.2) is 46.4 Å². The number of piperazine rings is 1. The minimum atomic E-state index is 0.314. The molecule has 1 saturated heterocycles. The third-order valence-electron chi connectivity index (χ3n) is 6.24. The van der Waals surface area contributed by atoms with Gasteiger partial charge >= 0.3 is 0 Å². The van der Waals surface area contributed by atoms with E-state index < -0.39 is 0 Å². The molecule has 28 heavy (non-hydrogen) atoms. The van der Waals surface area contributed by atoms with Gasteiger partial charge in [-0.3, -0.25) is 9.20 Å². The summed E-state index contributed by atoms with van der Waals surface area (Å²) < 4.78 is 2.28. The second-order valence-corrected chi connectivity index (χ2v) is 9.36. The van der Waals surface area contributed by atoms with E-state index in [1.54, 1.807) is 16.2 Å². The molecule has 3 heterocycles. The first-order valence-corrected chi connectivity index (χ1v) is 11.2. The number of carbonyl (C=O) groups excluding carboxylic acids is 1. The van der Waals surface area contributed by atoms with Gasteiger partial charge in [0, 0.05) is 22.6 Å². The number of quaternary nitrogens is 1. The third kappa shape index (κ3) is 3.25. The maximum absolute atomic E-state index is 12.5. The first-order chi connectivity index (χ1) is 13.7. The third-order valence-corrected chi connectivity index (χ3v) is 7.14. The maximum Gasteiger partial charge on any atom is 0.226 e. The Balaban J connectivity index is 1.35. The zero-order valence-electron chi connectivity index (χ0n) is 16.4. The quantitative estimate of drug-likeness (QED) is 0.737. The number of hydrogen-bond donors (Lipinski definition) is 1. The molecule has 0 unspecified atom stereocenters. The van der Waals surface area contributed by atoms with Gasteiger partial charge in [0.15, 0.2) is 4.96 Å². The summed E-state index contributed by atoms with van der Waals surface area (Å²) in [5, 5.41) is 0. The molecule has 2 aliphatic rings. The Morgan fingerprint density at radius 2 is 1.96 bits per heavy atom. The number of amides is 1. The SMILES string of the molecule is Cc1cn2c(C[NH+]3CCN(C(=O)C4CCC4)CC3)c(-c3ccccc3)nc2s1. The summed E-state index contributed by atoms with van der Waals surface area (Å²) in [6.07, 6.45) is 5.63. The van der Waals surface area contributed by atoms with E-state index in [0.717, 1.165) is 56.2 Å². The lowest BCUT2D eigenvalue weighted by Crippen LogP contribution is -3.13. The van der Waals surface area contributed by atoms with E-state index in [-0.39, 0.29) is 0 Å². The zero-order chi connectivity index (χ0) is 19.1. The first-order valence-electron chi connectivity index (χ1n) is 10.3. The smallest absolute Gasteiger partial charge is 0.226 e. The number of nitrogens with zero attached hydrogens (tertiary/aromatic N) is 3. The van der Waals surface area contributed by atoms with Crippen LogP contribution in [0.15, 0.2) is 36.5 Å². The van der Waals surface area contributed by atoms with Crippen molar-refractivity contribution in [1.29, 1.82) is 0 Å². The first kappa shape index (κ1) is 17.9. The van der Waals surface area contributed by atoms with Gasteiger partial charge in [0.05, 0.1) is 31.9 Å². The molecule has 1 amide bonds. The normalized spacial score (nSPS) is 18.5. The molecule has 0 spiro atoms. The highest BCUT2D eigenvalue weighted by Crippen LogP contribution is 2.29. The van der Waals surface area contributed by atoms with Gasteiger partial charge in [-0.1, -0.05) is 36.8 Å². The lowest BCUT2D eigenvalue weighted by atomic mass is 9.84. The lowest BCUT2D eigenvalue weighted by molar-refractivity contribution is -0.917. The number of carbonyl (C=O) groups is 1. The van der Waals surface area contributed by atoms with Crippen molar-refractivity contribution >= 4 is 22.2 Å². The van der Waals surface area contributed by atoms with Gasteiger partial charge < -0.3 is 9.80 Å². The molecule has 0 radical (unpaired) electrons. The second-order valence-electron chi connectivity index (χ2n) is 8.15. The Bertz CT molecular complexity index is 981. The van der Waals surface area contributed by atoms with Crippen molar-refractivity contribution in [1.82, 2.24) is 14.3 Å². The summed E-state index contributed by atoms with van der Waals surface area (Å²) in [6, 6.07) is 10.5. The molecule has 0 atom stereocenters. The van der Waals surface area contributed by atoms with Gasteiger partial charge in [0.2, 0.25) is 5.91 Å². The highest BCUT2D eigenvalue weighted by atomic mass is 32.1. The molecule has 1 aliphatic heterocycles. The molecule has 0 bridgehead atoms. The highest BCUT2D eigenvalue weighted by Gasteiger charge is 2.32. The predicted molar refractivity (Wildman–Crippen MR) is 112 cm³/mol. The number of benzene rings is 1. The van der Waals surface area contributed by atoms with Gasteiger partial charge in [-0.2, -0.15) is 0 Å². The van der Waals surface area contributed by atoms with Crippen LogP contribution in [0, 0.1) is 12.8 Å². The topological polar surface area (TPSA) is 42.1 Å². The van der Waals surface area contributed by atoms with E-state index in [2.05, 4.69) is 52.8 Å². The summed E-state index contributed by atoms with van der Waals surface area (Å²) in [7, 11) is 0. The molecule has 1 N–H and O–H groups in total. The fourth-order valence-corrected chi connectivity index (χ4v) is 5.21. The molecule has 5 nitrogen and oxygen atoms in total. The average Bonchev–Trinajstić information content (AvgIpc) is 3.19. The Hall–Kier alpha value is -2.18. The molecule has 1 aliphatic carbocycles. The number of nitrogens with one attached hydrogen (secondary N) is 1. The summed E-state index contributed by atoms with van der Waals surface area (Å²) >= 11 is 1.75. The number of rotatable bonds is 4. The molecule has 3 aromatic rings. The fourth-order valence-electron chi connectivity index (χ4n) is 4.37. The largest absolute Gasteiger partial charge is 0.331 e. The van der Waals surface area contributed by atoms with Crippen molar-refractivity contribution < 1.29 is 9.69 Å². The minimum Gasteiger partial charge on any atom is -0.331 e. The zero-order valence-corrected chi connectivity index (χ0v) is 17.2. The number of aryl methyl sites for hydroxylation is 1. The number of hydrogen-bond acceptors (Lipinski definition) is 3. The van der Waals surface area contributed by atoms with Crippen molar-refractivity contribution in [3.63, 3.8) is 0 Å². The highest BCUT2D eigenvalue weighted by molar-refractivity contribution is 7.17. The predicted octanol–water partition coefficient (Wildman–Crippen LogP) is 2.40. The Morgan fingerprint density at radius 3 is 2.64 bits per heavy atom. The van der Waals surface area contributed by atoms with E-state index in [0.29, 0.717) is 11.8 Å². The number of fused-ring (bicyclic) bond motifs is 1. The van der Waals surface area contributed by atoms with Crippen molar-refractivity contribution in [3.8, 4) is 11.3 Å². The summed E-state index contributed by atoms with van der Waals surface area (Å²) in [6.45, 7) is 6.90. The molecule has 2 aromatic heterocycles. The van der Waals surface area contributed by atoms with E-state index in [9.17, 15) is 4.79 Å². The number of imidazole rings is 1. The lowest BCUT2D eigenvalue weighted by Gasteiger charge is -2.36. The van der Waals surface area contributed by atoms with Gasteiger partial charge in [-0.15, -0.1) is 11.3 Å². The molecule has 5 rings (SSSR count). The molecule has 1 saturated carbocycles. The molecule has 2 fully saturated rings. The van der Waals surface area contributed by atoms with Crippen LogP contribution in [-0.2, 0) is 11.3 Å². The van der Waals surface area contributed by atoms with E-state index in [1.165, 1.54) is 22.6 Å². The minimum absolute atomic E-state index is 0.314. The van der Waals surface area contributed by atoms with Crippen LogP contribution < -0.4 is 4.90 Å². The van der Waals surface area contributed by atoms with Gasteiger partial charge in [-0.25, -0.2) is 4.98 Å². The Labute approximate surface area is 169 Å². The van der Waals surface area contributed by atoms with Crippen LogP contribution in [0.1, 0.15) is 29.8 Å². The van der Waals surface area contributed by atoms with Crippen LogP contribution in [0.5, 0.6) is 0 Å². The number of thiazole rings is 1. The standard InChI is InChI=1S/C22H26N4OS/c1-16-14-26-19(20(23-22(26)28-16)17-6-3-2-4-7-17)15-24-10-12-25(13-11-24)21(27)18-8-5-9-18/h2-4,6-7,14,18H,5,8-13,15H2,1H3/p+1. The van der Waals surface area contributed by atoms with E-state index in [4.69, 9.17) is 4.98 Å². The average molecular weight is 396 g/mol. The molecule has 146 valence electrons. The second kappa shape index (κ2) is 7.33. The summed E-state index contributed by atoms with van der Waals surface area (Å²) in [5.41, 5.74) is 3.58. The van der Waals surface area contributed by atoms with E-state index >= 15 is 0 Å². The van der Waals surface area contributed by atoms with Crippen LogP contribution in [0.25, 0.3) is 16.2 Å². The van der Waals surface area contributed by atoms with Gasteiger partial charge in [-0.05, 0) is 19.8 Å². The van der Waals surface area contributed by atoms with Crippen LogP contribution >= 0.6 is 11.3 Å². The fraction of sp³-hybridized carbons (Fsp3) is 0.455. The van der Waals surface area contributed by atoms with Gasteiger partial charge in [0.25, 0.3) is 0 Å². The Kier molecular flexibility index (Phi) is 4.69. The monoisotopic (exact) mass is 395 g/mol. The summed E-state index contributed by atoms with van der Waals surface area (Å²) in [4.78, 5) is 23.5. The molecular formula is C22H27N4OS+. The Morgan fingerprint density at radius 1 is 1.21 bits per heavy atom. The number of aromatic nitrogens is 2. The van der Waals surface area contributed by atoms with Crippen molar-refractivity contribution in [2.24, 2.45) is 5.92 Å². The molecule has 1 aromatic carbocycles. The van der Waals surface area contributed by atoms with Crippen molar-refractivity contribution in [2.45, 2.75) is 32.7 Å². The van der Waals surface area contributed by atoms with Gasteiger partial charge in [0.1, 0.15) is 12.2 Å². The van der Waals surface area contributed by atoms with Crippen molar-refractivity contribution in [2.75, 3.05) is 26.2 Å². The molecular weight excluding hydrogens is 368 g/mol. The summed E-state index contributed by atoms with van der Waals surface area (Å²) in [5.74, 6) is 0.713. The van der Waals surface area contributed by atoms with Crippen LogP contribution in [0.3, 0.4) is 0 Å². The van der Waals surface area contributed by atoms with Crippen LogP contribution in [0.2, 0.25) is 0 Å². The molecule has 6 heteroatoms. The van der Waals surface area contributed by atoms with Crippen molar-refractivity contribution in [3.05, 3.63) is 47.1 Å².